The second-order valence-electron chi connectivity index (χ2n) is 3.02. The highest BCUT2D eigenvalue weighted by molar-refractivity contribution is 5.76. The van der Waals surface area contributed by atoms with Gasteiger partial charge in [0.25, 0.3) is 0 Å². The van der Waals surface area contributed by atoms with E-state index in [4.69, 9.17) is 15.3 Å². The minimum Gasteiger partial charge on any atom is -0.408 e. The molecule has 5 nitrogen and oxygen atoms in total. The van der Waals surface area contributed by atoms with Crippen LogP contribution in [0.2, 0.25) is 0 Å². The van der Waals surface area contributed by atoms with Gasteiger partial charge in [0.2, 0.25) is 0 Å². The summed E-state index contributed by atoms with van der Waals surface area (Å²) in [4.78, 5) is 13.5. The quantitative estimate of drug-likeness (QED) is 0.632. The molecule has 0 spiro atoms. The van der Waals surface area contributed by atoms with Gasteiger partial charge in [0.1, 0.15) is 0 Å². The number of hydrogen-bond donors (Lipinski definition) is 3. The number of aromatic nitrogens is 1. The van der Waals surface area contributed by atoms with Crippen molar-refractivity contribution in [3.05, 3.63) is 34.3 Å². The van der Waals surface area contributed by atoms with Gasteiger partial charge in [-0.25, -0.2) is 4.79 Å². The number of benzene rings is 1. The lowest BCUT2D eigenvalue weighted by molar-refractivity contribution is 0.268. The monoisotopic (exact) mass is 194 g/mol. The number of rotatable bonds is 2. The SMILES string of the molecule is NC(CO)c1cccc2oc(=O)[nH]c12. The molecule has 0 saturated heterocycles. The van der Waals surface area contributed by atoms with E-state index in [0.717, 1.165) is 0 Å². The molecule has 0 aliphatic rings. The Labute approximate surface area is 79.2 Å². The maximum Gasteiger partial charge on any atom is 0.417 e. The van der Waals surface area contributed by atoms with Crippen LogP contribution >= 0.6 is 0 Å². The lowest BCUT2D eigenvalue weighted by Gasteiger charge is -2.07. The van der Waals surface area contributed by atoms with Crippen LogP contribution in [0, 0.1) is 0 Å². The zero-order valence-corrected chi connectivity index (χ0v) is 7.36. The number of oxazole rings is 1. The van der Waals surface area contributed by atoms with Crippen LogP contribution in [0.15, 0.2) is 27.4 Å². The molecule has 0 aliphatic heterocycles. The van der Waals surface area contributed by atoms with E-state index >= 15 is 0 Å². The van der Waals surface area contributed by atoms with Gasteiger partial charge in [-0.05, 0) is 11.6 Å². The highest BCUT2D eigenvalue weighted by Gasteiger charge is 2.11. The zero-order valence-electron chi connectivity index (χ0n) is 7.36. The van der Waals surface area contributed by atoms with Crippen molar-refractivity contribution in [3.63, 3.8) is 0 Å². The Hall–Kier alpha value is -1.59. The summed E-state index contributed by atoms with van der Waals surface area (Å²) >= 11 is 0. The molecule has 1 heterocycles. The van der Waals surface area contributed by atoms with Gasteiger partial charge in [-0.15, -0.1) is 0 Å². The third-order valence-corrected chi connectivity index (χ3v) is 2.08. The van der Waals surface area contributed by atoms with Gasteiger partial charge in [-0.1, -0.05) is 12.1 Å². The van der Waals surface area contributed by atoms with Crippen LogP contribution < -0.4 is 11.5 Å². The van der Waals surface area contributed by atoms with Crippen LogP contribution in [0.4, 0.5) is 0 Å². The van der Waals surface area contributed by atoms with Gasteiger partial charge in [-0.2, -0.15) is 0 Å². The van der Waals surface area contributed by atoms with E-state index in [0.29, 0.717) is 16.7 Å². The standard InChI is InChI=1S/C9H10N2O3/c10-6(4-12)5-2-1-3-7-8(5)11-9(13)14-7/h1-3,6,12H,4,10H2,(H,11,13). The van der Waals surface area contributed by atoms with Gasteiger partial charge in [0, 0.05) is 0 Å². The lowest BCUT2D eigenvalue weighted by Crippen LogP contribution is -2.15. The Balaban J connectivity index is 2.70. The third-order valence-electron chi connectivity index (χ3n) is 2.08. The second kappa shape index (κ2) is 3.28. The number of aliphatic hydroxyl groups excluding tert-OH is 1. The van der Waals surface area contributed by atoms with Crippen LogP contribution in [0.25, 0.3) is 11.1 Å². The molecule has 1 unspecified atom stereocenters. The Morgan fingerprint density at radius 1 is 1.57 bits per heavy atom. The van der Waals surface area contributed by atoms with Gasteiger partial charge >= 0.3 is 5.76 Å². The first-order chi connectivity index (χ1) is 6.72. The molecular formula is C9H10N2O3. The average molecular weight is 194 g/mol. The van der Waals surface area contributed by atoms with Crippen LogP contribution in [0.5, 0.6) is 0 Å². The first-order valence-corrected chi connectivity index (χ1v) is 4.20. The number of nitrogens with one attached hydrogen (secondary N) is 1. The first-order valence-electron chi connectivity index (χ1n) is 4.20. The fourth-order valence-electron chi connectivity index (χ4n) is 1.40. The van der Waals surface area contributed by atoms with E-state index < -0.39 is 11.8 Å². The number of hydrogen-bond acceptors (Lipinski definition) is 4. The van der Waals surface area contributed by atoms with E-state index in [1.54, 1.807) is 18.2 Å². The second-order valence-corrected chi connectivity index (χ2v) is 3.02. The van der Waals surface area contributed by atoms with Crippen molar-refractivity contribution >= 4 is 11.1 Å². The summed E-state index contributed by atoms with van der Waals surface area (Å²) in [7, 11) is 0. The predicted octanol–water partition coefficient (Wildman–Crippen LogP) is 0.113. The Morgan fingerprint density at radius 2 is 2.36 bits per heavy atom. The van der Waals surface area contributed by atoms with E-state index in [1.165, 1.54) is 0 Å². The van der Waals surface area contributed by atoms with Crippen molar-refractivity contribution in [3.8, 4) is 0 Å². The number of H-pyrrole nitrogens is 1. The van der Waals surface area contributed by atoms with E-state index in [-0.39, 0.29) is 6.61 Å². The zero-order chi connectivity index (χ0) is 10.1. The summed E-state index contributed by atoms with van der Waals surface area (Å²) < 4.78 is 4.85. The molecule has 14 heavy (non-hydrogen) atoms. The number of aromatic amines is 1. The number of fused-ring (bicyclic) bond motifs is 1. The fraction of sp³-hybridized carbons (Fsp3) is 0.222. The molecule has 1 aromatic carbocycles. The molecule has 2 aromatic rings. The minimum atomic E-state index is -0.516. The topological polar surface area (TPSA) is 92.2 Å². The van der Waals surface area contributed by atoms with Crippen molar-refractivity contribution < 1.29 is 9.52 Å². The Bertz CT molecular complexity index is 500. The van der Waals surface area contributed by atoms with Crippen molar-refractivity contribution in [1.29, 1.82) is 0 Å². The largest absolute Gasteiger partial charge is 0.417 e. The van der Waals surface area contributed by atoms with Crippen molar-refractivity contribution in [2.75, 3.05) is 6.61 Å². The van der Waals surface area contributed by atoms with Crippen molar-refractivity contribution in [2.24, 2.45) is 5.73 Å². The minimum absolute atomic E-state index is 0.174. The molecule has 0 saturated carbocycles. The fourth-order valence-corrected chi connectivity index (χ4v) is 1.40. The molecular weight excluding hydrogens is 184 g/mol. The highest BCUT2D eigenvalue weighted by atomic mass is 16.4. The van der Waals surface area contributed by atoms with Crippen molar-refractivity contribution in [2.45, 2.75) is 6.04 Å². The normalized spacial score (nSPS) is 13.3. The summed E-state index contributed by atoms with van der Waals surface area (Å²) in [5.41, 5.74) is 7.34. The van der Waals surface area contributed by atoms with Crippen LogP contribution in [-0.4, -0.2) is 16.7 Å². The van der Waals surface area contributed by atoms with Gasteiger partial charge < -0.3 is 15.3 Å². The van der Waals surface area contributed by atoms with Crippen LogP contribution in [0.1, 0.15) is 11.6 Å². The summed E-state index contributed by atoms with van der Waals surface area (Å²) in [6, 6.07) is 4.63. The molecule has 0 bridgehead atoms. The number of para-hydroxylation sites is 1. The average Bonchev–Trinajstić information content (AvgIpc) is 2.56. The van der Waals surface area contributed by atoms with Gasteiger partial charge in [0.05, 0.1) is 18.2 Å². The lowest BCUT2D eigenvalue weighted by atomic mass is 10.1. The van der Waals surface area contributed by atoms with E-state index in [9.17, 15) is 4.79 Å². The molecule has 5 heteroatoms. The smallest absolute Gasteiger partial charge is 0.408 e. The number of nitrogens with two attached hydrogens (primary N) is 1. The maximum atomic E-state index is 10.9. The first kappa shape index (κ1) is 8.98. The molecule has 4 N–H and O–H groups in total. The molecule has 1 aromatic heterocycles. The Morgan fingerprint density at radius 3 is 3.07 bits per heavy atom. The van der Waals surface area contributed by atoms with Gasteiger partial charge in [0.15, 0.2) is 5.58 Å². The summed E-state index contributed by atoms with van der Waals surface area (Å²) in [6.07, 6.45) is 0. The molecule has 2 rings (SSSR count). The molecule has 0 fully saturated rings. The molecule has 74 valence electrons. The van der Waals surface area contributed by atoms with E-state index in [2.05, 4.69) is 4.98 Å². The van der Waals surface area contributed by atoms with Crippen LogP contribution in [-0.2, 0) is 0 Å². The summed E-state index contributed by atoms with van der Waals surface area (Å²) in [6.45, 7) is -0.174. The maximum absolute atomic E-state index is 10.9. The predicted molar refractivity (Wildman–Crippen MR) is 50.8 cm³/mol. The van der Waals surface area contributed by atoms with Crippen LogP contribution in [0.3, 0.4) is 0 Å². The Kier molecular flexibility index (Phi) is 2.11. The molecule has 0 amide bonds. The molecule has 0 radical (unpaired) electrons. The number of aliphatic hydroxyl groups is 1. The summed E-state index contributed by atoms with van der Waals surface area (Å²) in [5, 5.41) is 8.91. The molecule has 1 atom stereocenters. The molecule has 0 aliphatic carbocycles. The van der Waals surface area contributed by atoms with Crippen molar-refractivity contribution in [1.82, 2.24) is 4.98 Å². The summed E-state index contributed by atoms with van der Waals surface area (Å²) in [5.74, 6) is -0.516. The highest BCUT2D eigenvalue weighted by Crippen LogP contribution is 2.19. The van der Waals surface area contributed by atoms with Gasteiger partial charge in [-0.3, -0.25) is 4.98 Å². The van der Waals surface area contributed by atoms with E-state index in [1.807, 2.05) is 0 Å². The third kappa shape index (κ3) is 1.32.